The summed E-state index contributed by atoms with van der Waals surface area (Å²) in [6.45, 7) is 4.50. The zero-order valence-electron chi connectivity index (χ0n) is 12.1. The Labute approximate surface area is 122 Å². The lowest BCUT2D eigenvalue weighted by Gasteiger charge is -2.26. The normalized spacial score (nSPS) is 13.9. The fraction of sp³-hybridized carbons (Fsp3) is 0.312. The Morgan fingerprint density at radius 3 is 2.67 bits per heavy atom. The molecule has 1 aromatic heterocycles. The van der Waals surface area contributed by atoms with E-state index >= 15 is 0 Å². The first-order valence-corrected chi connectivity index (χ1v) is 6.99. The van der Waals surface area contributed by atoms with Gasteiger partial charge < -0.3 is 9.88 Å². The van der Waals surface area contributed by atoms with Crippen LogP contribution in [-0.2, 0) is 17.8 Å². The van der Waals surface area contributed by atoms with Crippen molar-refractivity contribution in [1.29, 1.82) is 0 Å². The summed E-state index contributed by atoms with van der Waals surface area (Å²) >= 11 is 0. The van der Waals surface area contributed by atoms with Gasteiger partial charge in [0.15, 0.2) is 0 Å². The minimum Gasteiger partial charge on any atom is -0.338 e. The monoisotopic (exact) mass is 283 g/mol. The quantitative estimate of drug-likeness (QED) is 0.865. The standard InChI is InChI=1S/C16H17N3O2/c1-10-3-5-12(6-4-10)15-17-14-7-8-19(11(2)20)9-13(14)16(21)18-15/h3-6H,7-9H2,1-2H3,(H,17,18,21). The predicted octanol–water partition coefficient (Wildman–Crippen LogP) is 1.65. The Morgan fingerprint density at radius 1 is 1.29 bits per heavy atom. The molecule has 1 aliphatic rings. The number of aromatic amines is 1. The summed E-state index contributed by atoms with van der Waals surface area (Å²) < 4.78 is 0. The third-order valence-electron chi connectivity index (χ3n) is 3.84. The van der Waals surface area contributed by atoms with E-state index in [1.807, 2.05) is 31.2 Å². The fourth-order valence-electron chi connectivity index (χ4n) is 2.54. The number of rotatable bonds is 1. The summed E-state index contributed by atoms with van der Waals surface area (Å²) in [6.07, 6.45) is 0.623. The Morgan fingerprint density at radius 2 is 2.00 bits per heavy atom. The van der Waals surface area contributed by atoms with Crippen LogP contribution >= 0.6 is 0 Å². The largest absolute Gasteiger partial charge is 0.338 e. The molecule has 1 aromatic carbocycles. The minimum atomic E-state index is -0.151. The number of benzene rings is 1. The van der Waals surface area contributed by atoms with Crippen LogP contribution in [0.3, 0.4) is 0 Å². The molecule has 2 heterocycles. The van der Waals surface area contributed by atoms with E-state index in [1.54, 1.807) is 4.90 Å². The Kier molecular flexibility index (Phi) is 3.33. The highest BCUT2D eigenvalue weighted by Crippen LogP contribution is 2.19. The zero-order valence-corrected chi connectivity index (χ0v) is 12.1. The molecule has 0 saturated heterocycles. The molecule has 0 bridgehead atoms. The molecule has 0 aliphatic carbocycles. The first-order valence-electron chi connectivity index (χ1n) is 6.99. The first-order chi connectivity index (χ1) is 10.0. The van der Waals surface area contributed by atoms with Crippen LogP contribution in [0.2, 0.25) is 0 Å². The van der Waals surface area contributed by atoms with Gasteiger partial charge in [0.25, 0.3) is 5.56 Å². The molecule has 0 atom stereocenters. The average molecular weight is 283 g/mol. The van der Waals surface area contributed by atoms with Gasteiger partial charge in [-0.15, -0.1) is 0 Å². The number of nitrogens with one attached hydrogen (secondary N) is 1. The van der Waals surface area contributed by atoms with Crippen molar-refractivity contribution in [3.63, 3.8) is 0 Å². The lowest BCUT2D eigenvalue weighted by molar-refractivity contribution is -0.129. The molecule has 21 heavy (non-hydrogen) atoms. The molecule has 5 heteroatoms. The Bertz CT molecular complexity index is 747. The number of carbonyl (C=O) groups excluding carboxylic acids is 1. The SMILES string of the molecule is CC(=O)N1CCc2nc(-c3ccc(C)cc3)[nH]c(=O)c2C1. The van der Waals surface area contributed by atoms with Gasteiger partial charge in [-0.2, -0.15) is 0 Å². The third kappa shape index (κ3) is 2.59. The van der Waals surface area contributed by atoms with Crippen molar-refractivity contribution in [3.05, 3.63) is 51.4 Å². The van der Waals surface area contributed by atoms with Gasteiger partial charge in [-0.25, -0.2) is 4.98 Å². The summed E-state index contributed by atoms with van der Waals surface area (Å²) in [4.78, 5) is 32.8. The van der Waals surface area contributed by atoms with Crippen molar-refractivity contribution < 1.29 is 4.79 Å². The number of hydrogen-bond acceptors (Lipinski definition) is 3. The van der Waals surface area contributed by atoms with Crippen LogP contribution in [0.1, 0.15) is 23.7 Å². The highest BCUT2D eigenvalue weighted by Gasteiger charge is 2.22. The smallest absolute Gasteiger partial charge is 0.256 e. The predicted molar refractivity (Wildman–Crippen MR) is 79.8 cm³/mol. The van der Waals surface area contributed by atoms with Gasteiger partial charge >= 0.3 is 0 Å². The number of hydrogen-bond donors (Lipinski definition) is 1. The second-order valence-electron chi connectivity index (χ2n) is 5.40. The van der Waals surface area contributed by atoms with Crippen LogP contribution in [-0.4, -0.2) is 27.3 Å². The number of carbonyl (C=O) groups is 1. The first kappa shape index (κ1) is 13.5. The van der Waals surface area contributed by atoms with E-state index in [2.05, 4.69) is 9.97 Å². The van der Waals surface area contributed by atoms with Crippen LogP contribution in [0.5, 0.6) is 0 Å². The number of fused-ring (bicyclic) bond motifs is 1. The number of aryl methyl sites for hydroxylation is 1. The van der Waals surface area contributed by atoms with Crippen LogP contribution < -0.4 is 5.56 Å². The van der Waals surface area contributed by atoms with Crippen LogP contribution in [0.4, 0.5) is 0 Å². The second kappa shape index (κ2) is 5.16. The molecule has 0 saturated carbocycles. The van der Waals surface area contributed by atoms with Gasteiger partial charge in [-0.3, -0.25) is 9.59 Å². The number of amides is 1. The van der Waals surface area contributed by atoms with Crippen molar-refractivity contribution >= 4 is 5.91 Å². The van der Waals surface area contributed by atoms with E-state index in [9.17, 15) is 9.59 Å². The lowest BCUT2D eigenvalue weighted by atomic mass is 10.1. The molecule has 0 unspecified atom stereocenters. The van der Waals surface area contributed by atoms with Crippen molar-refractivity contribution in [2.75, 3.05) is 6.54 Å². The molecule has 2 aromatic rings. The van der Waals surface area contributed by atoms with Crippen LogP contribution in [0, 0.1) is 6.92 Å². The van der Waals surface area contributed by atoms with Gasteiger partial charge in [0.1, 0.15) is 5.82 Å². The highest BCUT2D eigenvalue weighted by atomic mass is 16.2. The maximum absolute atomic E-state index is 12.3. The van der Waals surface area contributed by atoms with E-state index in [4.69, 9.17) is 0 Å². The summed E-state index contributed by atoms with van der Waals surface area (Å²) in [7, 11) is 0. The molecule has 0 fully saturated rings. The molecule has 5 nitrogen and oxygen atoms in total. The van der Waals surface area contributed by atoms with E-state index in [0.29, 0.717) is 30.9 Å². The van der Waals surface area contributed by atoms with E-state index in [1.165, 1.54) is 6.92 Å². The maximum atomic E-state index is 12.3. The van der Waals surface area contributed by atoms with Gasteiger partial charge in [0, 0.05) is 25.5 Å². The van der Waals surface area contributed by atoms with E-state index < -0.39 is 0 Å². The number of H-pyrrole nitrogens is 1. The molecule has 1 aliphatic heterocycles. The van der Waals surface area contributed by atoms with Crippen molar-refractivity contribution in [2.45, 2.75) is 26.8 Å². The fourth-order valence-corrected chi connectivity index (χ4v) is 2.54. The molecule has 0 spiro atoms. The molecule has 108 valence electrons. The third-order valence-corrected chi connectivity index (χ3v) is 3.84. The maximum Gasteiger partial charge on any atom is 0.256 e. The average Bonchev–Trinajstić information content (AvgIpc) is 2.47. The molecule has 0 radical (unpaired) electrons. The Hall–Kier alpha value is -2.43. The highest BCUT2D eigenvalue weighted by molar-refractivity contribution is 5.73. The zero-order chi connectivity index (χ0) is 15.0. The summed E-state index contributed by atoms with van der Waals surface area (Å²) in [5.41, 5.74) is 3.31. The van der Waals surface area contributed by atoms with Gasteiger partial charge in [-0.05, 0) is 6.92 Å². The second-order valence-corrected chi connectivity index (χ2v) is 5.40. The molecule has 1 N–H and O–H groups in total. The van der Waals surface area contributed by atoms with Crippen molar-refractivity contribution in [2.24, 2.45) is 0 Å². The van der Waals surface area contributed by atoms with E-state index in [0.717, 1.165) is 16.8 Å². The minimum absolute atomic E-state index is 0.0114. The van der Waals surface area contributed by atoms with Crippen molar-refractivity contribution in [1.82, 2.24) is 14.9 Å². The molecular weight excluding hydrogens is 266 g/mol. The summed E-state index contributed by atoms with van der Waals surface area (Å²) in [6, 6.07) is 7.88. The van der Waals surface area contributed by atoms with Gasteiger partial charge in [-0.1, -0.05) is 29.8 Å². The number of aromatic nitrogens is 2. The molecular formula is C16H17N3O2. The summed E-state index contributed by atoms with van der Waals surface area (Å²) in [5, 5.41) is 0. The molecule has 1 amide bonds. The van der Waals surface area contributed by atoms with Gasteiger partial charge in [0.05, 0.1) is 17.8 Å². The van der Waals surface area contributed by atoms with Crippen molar-refractivity contribution in [3.8, 4) is 11.4 Å². The summed E-state index contributed by atoms with van der Waals surface area (Å²) in [5.74, 6) is 0.581. The topological polar surface area (TPSA) is 66.1 Å². The number of nitrogens with zero attached hydrogens (tertiary/aromatic N) is 2. The van der Waals surface area contributed by atoms with Crippen LogP contribution in [0.15, 0.2) is 29.1 Å². The van der Waals surface area contributed by atoms with E-state index in [-0.39, 0.29) is 11.5 Å². The Balaban J connectivity index is 2.01. The van der Waals surface area contributed by atoms with Gasteiger partial charge in [0.2, 0.25) is 5.91 Å². The lowest BCUT2D eigenvalue weighted by Crippen LogP contribution is -2.38. The molecule has 3 rings (SSSR count). The van der Waals surface area contributed by atoms with Crippen LogP contribution in [0.25, 0.3) is 11.4 Å².